The number of carboxylic acid groups (broad SMARTS) is 2. The van der Waals surface area contributed by atoms with Crippen LogP contribution in [0, 0.1) is 16.7 Å². The highest BCUT2D eigenvalue weighted by Crippen LogP contribution is 2.23. The van der Waals surface area contributed by atoms with E-state index in [4.69, 9.17) is 33.8 Å². The van der Waals surface area contributed by atoms with Crippen molar-refractivity contribution in [1.29, 1.82) is 10.8 Å². The summed E-state index contributed by atoms with van der Waals surface area (Å²) in [7, 11) is 0. The second kappa shape index (κ2) is 59.5. The number of aromatic hydroxyl groups is 1. The SMILES string of the molecule is CC(C)[C@H](NC(=O)CNC(=O)[C@@H](N)CCCCN)C(=O)N[C@@H](CO)C(=O)N1CCC[C@H]1C(=O)N[C@@H](CO)C(=O)N[C@@H](Cc1ccc(O)cc1)C(=O)N[C@@H](CCCNC(=N)N)C(=O)N[C@@H](CS)C(=O)N1CCC[C@H]1C(=O)N[C@@H](CS)C(=O)N[C@@H](CCCNC(=N)N)C(=O)N[C@@H](Cc1ccccc1)C(=O)N[C@@H](Cc1ccccc1)C(=O)N[C@@H](CCC(=O)O)C(=O)N[C@@H](CO)C(=O)N[C@@H](Cc1cnc[nH]1)C(=O)O. The van der Waals surface area contributed by atoms with E-state index in [2.05, 4.69) is 120 Å². The molecule has 0 bridgehead atoms. The Hall–Kier alpha value is -13.8. The number of rotatable bonds is 60. The number of nitrogens with one attached hydrogen (secondary N) is 19. The van der Waals surface area contributed by atoms with Crippen molar-refractivity contribution in [3.63, 3.8) is 0 Å². The van der Waals surface area contributed by atoms with Crippen LogP contribution in [0.1, 0.15) is 120 Å². The van der Waals surface area contributed by atoms with Crippen LogP contribution in [0.2, 0.25) is 0 Å². The maximum Gasteiger partial charge on any atom is 0.326 e. The van der Waals surface area contributed by atoms with Crippen LogP contribution in [0.25, 0.3) is 0 Å². The first-order valence-corrected chi connectivity index (χ1v) is 46.8. The molecule has 0 saturated carbocycles. The third-order valence-electron chi connectivity index (χ3n) is 22.7. The molecule has 2 aliphatic heterocycles. The summed E-state index contributed by atoms with van der Waals surface area (Å²) in [5.41, 5.74) is 24.1. The van der Waals surface area contributed by atoms with Crippen LogP contribution >= 0.6 is 25.3 Å². The molecule has 4 aromatic rings. The van der Waals surface area contributed by atoms with E-state index in [1.807, 2.05) is 0 Å². The molecular formula is C88H130N26O24S2. The highest BCUT2D eigenvalue weighted by atomic mass is 32.1. The number of H-pyrrole nitrogens is 1. The molecule has 52 heteroatoms. The number of imidazole rings is 1. The summed E-state index contributed by atoms with van der Waals surface area (Å²) in [6, 6.07) is -3.48. The van der Waals surface area contributed by atoms with Gasteiger partial charge in [0, 0.05) is 81.7 Å². The number of unbranched alkanes of at least 4 members (excludes halogenated alkanes) is 1. The number of amides is 16. The van der Waals surface area contributed by atoms with E-state index in [-0.39, 0.29) is 109 Å². The van der Waals surface area contributed by atoms with Crippen LogP contribution in [0.15, 0.2) is 97.5 Å². The number of hydrogen-bond donors (Lipinski definition) is 31. The third kappa shape index (κ3) is 38.2. The van der Waals surface area contributed by atoms with Gasteiger partial charge in [0.25, 0.3) is 0 Å². The monoisotopic (exact) mass is 2000 g/mol. The lowest BCUT2D eigenvalue weighted by atomic mass is 10.0. The van der Waals surface area contributed by atoms with E-state index in [1.165, 1.54) is 36.8 Å². The van der Waals surface area contributed by atoms with Crippen molar-refractivity contribution in [2.45, 2.75) is 220 Å². The summed E-state index contributed by atoms with van der Waals surface area (Å²) >= 11 is 8.77. The molecule has 1 aromatic heterocycles. The maximum absolute atomic E-state index is 15.0. The minimum absolute atomic E-state index is 0.00405. The van der Waals surface area contributed by atoms with Gasteiger partial charge in [0.1, 0.15) is 96.4 Å². The van der Waals surface area contributed by atoms with Gasteiger partial charge in [-0.15, -0.1) is 0 Å². The Morgan fingerprint density at radius 2 is 0.843 bits per heavy atom. The zero-order chi connectivity index (χ0) is 103. The number of aliphatic hydroxyl groups is 3. The summed E-state index contributed by atoms with van der Waals surface area (Å²) in [6.07, 6.45) is 1.26. The second-order valence-electron chi connectivity index (χ2n) is 33.7. The van der Waals surface area contributed by atoms with Gasteiger partial charge in [-0.1, -0.05) is 93.1 Å². The third-order valence-corrected chi connectivity index (χ3v) is 23.4. The normalized spacial score (nSPS) is 16.3. The minimum Gasteiger partial charge on any atom is -0.508 e. The fourth-order valence-corrected chi connectivity index (χ4v) is 15.6. The molecular weight excluding hydrogens is 1870 g/mol. The van der Waals surface area contributed by atoms with E-state index in [0.717, 1.165) is 9.80 Å². The molecule has 3 heterocycles. The first kappa shape index (κ1) is 115. The van der Waals surface area contributed by atoms with Crippen LogP contribution in [-0.2, 0) is 112 Å². The Bertz CT molecular complexity index is 4860. The number of carbonyl (C=O) groups excluding carboxylic acids is 16. The molecule has 50 nitrogen and oxygen atoms in total. The van der Waals surface area contributed by atoms with E-state index in [9.17, 15) is 112 Å². The molecule has 140 heavy (non-hydrogen) atoms. The maximum atomic E-state index is 15.0. The van der Waals surface area contributed by atoms with Gasteiger partial charge < -0.3 is 153 Å². The highest BCUT2D eigenvalue weighted by molar-refractivity contribution is 7.80. The Morgan fingerprint density at radius 3 is 1.26 bits per heavy atom. The molecule has 16 atom stereocenters. The Morgan fingerprint density at radius 1 is 0.450 bits per heavy atom. The molecule has 2 aliphatic rings. The average molecular weight is 2000 g/mol. The van der Waals surface area contributed by atoms with Gasteiger partial charge >= 0.3 is 11.9 Å². The molecule has 0 unspecified atom stereocenters. The molecule has 16 amide bonds. The van der Waals surface area contributed by atoms with Crippen molar-refractivity contribution < 1.29 is 117 Å². The number of thiol groups is 2. The number of aliphatic hydroxyl groups excluding tert-OH is 3. The first-order valence-electron chi connectivity index (χ1n) is 45.5. The number of carbonyl (C=O) groups is 18. The molecule has 0 radical (unpaired) electrons. The van der Waals surface area contributed by atoms with Crippen molar-refractivity contribution in [3.05, 3.63) is 120 Å². The molecule has 0 aliphatic carbocycles. The lowest BCUT2D eigenvalue weighted by Crippen LogP contribution is -2.62. The summed E-state index contributed by atoms with van der Waals surface area (Å²) in [5.74, 6) is -21.3. The molecule has 3 aromatic carbocycles. The lowest BCUT2D eigenvalue weighted by Gasteiger charge is -2.31. The van der Waals surface area contributed by atoms with Crippen LogP contribution in [-0.4, -0.2) is 336 Å². The standard InChI is InChI=1S/C88H130N26O24S2/c1-47(2)70(112-68(119)40-98-71(122)53(90)19-9-10-30-89)83(134)109-63(43-117)84(135)113-33-13-22-66(113)81(132)108-62(42-116)78(129)105-59(37-50-24-26-52(118)27-25-50)75(126)100-55(21-12-32-97-88(93)94)73(124)111-65(45-140)85(136)114-34-14-23-67(114)82(133)110-64(44-139)80(131)101-54(20-11-31-96-87(91)92)72(123)103-58(36-49-17-7-4-8-18-49)77(128)104-57(35-48-15-5-3-6-16-48)76(127)102-56(28-29-69(120)121)74(125)107-61(41-115)79(130)106-60(86(137)138)38-51-39-95-46-99-51/h3-8,15-18,24-27,39,46-47,53-67,70,115-118,139-140H,9-14,19-23,28-38,40-45,89-90H2,1-2H3,(H,95,99)(H,98,122)(H,100,126)(H,101,131)(H,102,127)(H,103,123)(H,104,128)(H,105,129)(H,106,130)(H,107,125)(H,108,132)(H,109,134)(H,110,133)(H,111,124)(H,112,119)(H,120,121)(H,137,138)(H4,91,92,96)(H4,93,94,97)/t53-,54-,55-,56-,57-,58-,59-,60-,61-,62-,63-,64-,65-,66-,67-,70-/m0/s1. The number of carboxylic acids is 2. The summed E-state index contributed by atoms with van der Waals surface area (Å²) in [4.78, 5) is 261. The fraction of sp³-hybridized carbons (Fsp3) is 0.534. The number of aliphatic carboxylic acids is 2. The predicted molar refractivity (Wildman–Crippen MR) is 509 cm³/mol. The van der Waals surface area contributed by atoms with Gasteiger partial charge in [-0.25, -0.2) is 9.78 Å². The average Bonchev–Trinajstić information content (AvgIpc) is 1.62. The van der Waals surface area contributed by atoms with Gasteiger partial charge in [0.15, 0.2) is 11.9 Å². The van der Waals surface area contributed by atoms with Gasteiger partial charge in [0.05, 0.1) is 38.7 Å². The number of phenolic OH excluding ortho intramolecular Hbond substituents is 1. The van der Waals surface area contributed by atoms with Crippen molar-refractivity contribution >= 4 is 144 Å². The van der Waals surface area contributed by atoms with E-state index in [0.29, 0.717) is 48.2 Å². The number of aromatic amines is 1. The number of guanidine groups is 2. The Balaban J connectivity index is 1.17. The molecule has 33 N–H and O–H groups in total. The number of likely N-dealkylation sites (tertiary alicyclic amines) is 2. The summed E-state index contributed by atoms with van der Waals surface area (Å²) in [5, 5.41) is 117. The minimum atomic E-state index is -1.86. The van der Waals surface area contributed by atoms with Crippen LogP contribution < -0.4 is 108 Å². The number of nitrogens with two attached hydrogens (primary N) is 4. The molecule has 768 valence electrons. The quantitative estimate of drug-likeness (QED) is 0.00845. The van der Waals surface area contributed by atoms with Crippen molar-refractivity contribution in [3.8, 4) is 5.75 Å². The second-order valence-corrected chi connectivity index (χ2v) is 34.4. The fourth-order valence-electron chi connectivity index (χ4n) is 15.0. The van der Waals surface area contributed by atoms with Gasteiger partial charge in [-0.05, 0) is 112 Å². The van der Waals surface area contributed by atoms with Crippen molar-refractivity contribution in [2.24, 2.45) is 28.9 Å². The van der Waals surface area contributed by atoms with Crippen LogP contribution in [0.4, 0.5) is 0 Å². The molecule has 6 rings (SSSR count). The van der Waals surface area contributed by atoms with Crippen molar-refractivity contribution in [1.82, 2.24) is 105 Å². The van der Waals surface area contributed by atoms with E-state index >= 15 is 4.79 Å². The van der Waals surface area contributed by atoms with E-state index in [1.54, 1.807) is 74.5 Å². The number of benzene rings is 3. The Labute approximate surface area is 817 Å². The number of aromatic nitrogens is 2. The largest absolute Gasteiger partial charge is 0.508 e. The zero-order valence-corrected chi connectivity index (χ0v) is 79.2. The van der Waals surface area contributed by atoms with Crippen LogP contribution in [0.3, 0.4) is 0 Å². The van der Waals surface area contributed by atoms with Crippen LogP contribution in [0.5, 0.6) is 5.75 Å². The number of phenols is 1. The van der Waals surface area contributed by atoms with Gasteiger partial charge in [0.2, 0.25) is 94.5 Å². The molecule has 2 saturated heterocycles. The smallest absolute Gasteiger partial charge is 0.326 e. The summed E-state index contributed by atoms with van der Waals surface area (Å²) in [6.45, 7) is -0.464. The molecule has 0 spiro atoms. The lowest BCUT2D eigenvalue weighted by molar-refractivity contribution is -0.143. The van der Waals surface area contributed by atoms with E-state index < -0.39 is 272 Å². The zero-order valence-electron chi connectivity index (χ0n) is 77.4. The van der Waals surface area contributed by atoms with Crippen molar-refractivity contribution in [2.75, 3.05) is 70.6 Å². The van der Waals surface area contributed by atoms with Gasteiger partial charge in [-0.2, -0.15) is 25.3 Å². The summed E-state index contributed by atoms with van der Waals surface area (Å²) < 4.78 is 0. The Kier molecular flexibility index (Phi) is 48.8. The first-order chi connectivity index (χ1) is 66.7. The van der Waals surface area contributed by atoms with Gasteiger partial charge in [-0.3, -0.25) is 92.3 Å². The number of hydrogen-bond acceptors (Lipinski definition) is 29. The molecule has 2 fully saturated rings. The topological polar surface area (TPSA) is 808 Å². The number of nitrogens with zero attached hydrogens (tertiary/aromatic N) is 3. The predicted octanol–water partition coefficient (Wildman–Crippen LogP) is -8.79. The highest BCUT2D eigenvalue weighted by Gasteiger charge is 2.44.